The van der Waals surface area contributed by atoms with Gasteiger partial charge in [0.2, 0.25) is 5.95 Å². The molecule has 0 amide bonds. The first-order valence-electron chi connectivity index (χ1n) is 8.15. The maximum Gasteiger partial charge on any atom is 0.224 e. The zero-order valence-electron chi connectivity index (χ0n) is 13.7. The lowest BCUT2D eigenvalue weighted by Crippen LogP contribution is -2.39. The van der Waals surface area contributed by atoms with E-state index in [-0.39, 0.29) is 12.1 Å². The molecule has 1 aliphatic carbocycles. The third-order valence-electron chi connectivity index (χ3n) is 4.14. The summed E-state index contributed by atoms with van der Waals surface area (Å²) in [4.78, 5) is 8.59. The molecule has 1 aromatic heterocycles. The molecule has 0 atom stereocenters. The molecule has 3 rings (SSSR count). The van der Waals surface area contributed by atoms with Crippen molar-refractivity contribution >= 4 is 11.8 Å². The van der Waals surface area contributed by atoms with Crippen LogP contribution in [0.15, 0.2) is 30.5 Å². The van der Waals surface area contributed by atoms with Crippen LogP contribution in [-0.4, -0.2) is 33.8 Å². The predicted molar refractivity (Wildman–Crippen MR) is 92.8 cm³/mol. The number of aliphatic hydroxyl groups excluding tert-OH is 1. The van der Waals surface area contributed by atoms with Crippen molar-refractivity contribution in [3.05, 3.63) is 47.2 Å². The Morgan fingerprint density at radius 2 is 2.21 bits per heavy atom. The molecule has 0 bridgehead atoms. The zero-order valence-corrected chi connectivity index (χ0v) is 13.7. The van der Waals surface area contributed by atoms with Crippen LogP contribution in [0.2, 0.25) is 0 Å². The van der Waals surface area contributed by atoms with Gasteiger partial charge in [-0.1, -0.05) is 29.8 Å². The predicted octanol–water partition coefficient (Wildman–Crippen LogP) is 2.25. The largest absolute Gasteiger partial charge is 0.393 e. The van der Waals surface area contributed by atoms with Crippen molar-refractivity contribution in [3.8, 4) is 6.07 Å². The number of aryl methyl sites for hydroxylation is 1. The summed E-state index contributed by atoms with van der Waals surface area (Å²) in [6.45, 7) is 2.80. The van der Waals surface area contributed by atoms with Crippen molar-refractivity contribution in [2.45, 2.75) is 38.3 Å². The smallest absolute Gasteiger partial charge is 0.224 e. The number of hydrogen-bond donors (Lipinski definition) is 3. The van der Waals surface area contributed by atoms with E-state index in [2.05, 4.69) is 57.9 Å². The third kappa shape index (κ3) is 4.00. The first kappa shape index (κ1) is 16.2. The second-order valence-corrected chi connectivity index (χ2v) is 6.20. The number of aromatic nitrogens is 2. The van der Waals surface area contributed by atoms with Crippen LogP contribution in [0.4, 0.5) is 11.8 Å². The summed E-state index contributed by atoms with van der Waals surface area (Å²) in [5.41, 5.74) is 2.93. The van der Waals surface area contributed by atoms with Gasteiger partial charge < -0.3 is 15.7 Å². The van der Waals surface area contributed by atoms with E-state index in [9.17, 15) is 10.4 Å². The SMILES string of the molecule is Cc1cccc(CCNc2ncc(C#N)c(N[C@H]3C[C@@H](O)C3)n2)c1. The molecule has 6 heteroatoms. The van der Waals surface area contributed by atoms with Crippen molar-refractivity contribution in [1.82, 2.24) is 9.97 Å². The molecule has 1 fully saturated rings. The van der Waals surface area contributed by atoms with Gasteiger partial charge in [0.1, 0.15) is 17.5 Å². The Balaban J connectivity index is 1.60. The first-order valence-corrected chi connectivity index (χ1v) is 8.15. The Hall–Kier alpha value is -2.65. The molecule has 1 saturated carbocycles. The molecule has 1 heterocycles. The normalized spacial score (nSPS) is 19.2. The lowest BCUT2D eigenvalue weighted by atomic mass is 9.89. The van der Waals surface area contributed by atoms with E-state index in [0.29, 0.717) is 30.2 Å². The number of nitriles is 1. The average molecular weight is 323 g/mol. The Morgan fingerprint density at radius 1 is 1.38 bits per heavy atom. The minimum Gasteiger partial charge on any atom is -0.393 e. The second kappa shape index (κ2) is 7.28. The summed E-state index contributed by atoms with van der Waals surface area (Å²) >= 11 is 0. The Bertz CT molecular complexity index is 749. The Morgan fingerprint density at radius 3 is 2.92 bits per heavy atom. The summed E-state index contributed by atoms with van der Waals surface area (Å²) in [5.74, 6) is 1.03. The van der Waals surface area contributed by atoms with Crippen LogP contribution in [0.1, 0.15) is 29.5 Å². The van der Waals surface area contributed by atoms with Gasteiger partial charge in [-0.05, 0) is 31.7 Å². The standard InChI is InChI=1S/C18H21N5O/c1-12-3-2-4-13(7-12)5-6-20-18-21-11-14(10-19)17(23-18)22-15-8-16(24)9-15/h2-4,7,11,15-16,24H,5-6,8-9H2,1H3,(H2,20,21,22,23)/t15-,16+. The molecule has 0 unspecified atom stereocenters. The Labute approximate surface area is 141 Å². The van der Waals surface area contributed by atoms with Crippen molar-refractivity contribution in [2.24, 2.45) is 0 Å². The van der Waals surface area contributed by atoms with Crippen LogP contribution in [0.3, 0.4) is 0 Å². The third-order valence-corrected chi connectivity index (χ3v) is 4.14. The maximum atomic E-state index is 9.37. The van der Waals surface area contributed by atoms with Gasteiger partial charge in [-0.25, -0.2) is 4.98 Å². The lowest BCUT2D eigenvalue weighted by molar-refractivity contribution is 0.0835. The van der Waals surface area contributed by atoms with Gasteiger partial charge in [0.05, 0.1) is 12.3 Å². The average Bonchev–Trinajstić information content (AvgIpc) is 2.54. The molecule has 0 radical (unpaired) electrons. The van der Waals surface area contributed by atoms with Gasteiger partial charge >= 0.3 is 0 Å². The van der Waals surface area contributed by atoms with Crippen molar-refractivity contribution < 1.29 is 5.11 Å². The minimum atomic E-state index is -0.248. The fraction of sp³-hybridized carbons (Fsp3) is 0.389. The number of hydrogen-bond acceptors (Lipinski definition) is 6. The fourth-order valence-electron chi connectivity index (χ4n) is 2.74. The first-order chi connectivity index (χ1) is 11.6. The number of anilines is 2. The van der Waals surface area contributed by atoms with Crippen LogP contribution >= 0.6 is 0 Å². The van der Waals surface area contributed by atoms with E-state index < -0.39 is 0 Å². The molecule has 1 aromatic carbocycles. The molecule has 6 nitrogen and oxygen atoms in total. The molecule has 0 aliphatic heterocycles. The van der Waals surface area contributed by atoms with E-state index in [1.807, 2.05) is 0 Å². The highest BCUT2D eigenvalue weighted by molar-refractivity contribution is 5.54. The molecule has 0 saturated heterocycles. The lowest BCUT2D eigenvalue weighted by Gasteiger charge is -2.32. The van der Waals surface area contributed by atoms with Crippen LogP contribution in [-0.2, 0) is 6.42 Å². The van der Waals surface area contributed by atoms with Gasteiger partial charge in [-0.3, -0.25) is 0 Å². The van der Waals surface area contributed by atoms with Crippen LogP contribution in [0, 0.1) is 18.3 Å². The van der Waals surface area contributed by atoms with E-state index in [1.165, 1.54) is 17.3 Å². The van der Waals surface area contributed by atoms with Crippen LogP contribution in [0.5, 0.6) is 0 Å². The molecule has 124 valence electrons. The molecule has 2 aromatic rings. The summed E-state index contributed by atoms with van der Waals surface area (Å²) < 4.78 is 0. The summed E-state index contributed by atoms with van der Waals surface area (Å²) in [6.07, 6.45) is 3.53. The highest BCUT2D eigenvalue weighted by Gasteiger charge is 2.28. The van der Waals surface area contributed by atoms with Crippen molar-refractivity contribution in [2.75, 3.05) is 17.2 Å². The molecule has 0 spiro atoms. The number of nitrogens with zero attached hydrogens (tertiary/aromatic N) is 3. The van der Waals surface area contributed by atoms with E-state index in [0.717, 1.165) is 13.0 Å². The van der Waals surface area contributed by atoms with Crippen molar-refractivity contribution in [3.63, 3.8) is 0 Å². The topological polar surface area (TPSA) is 93.9 Å². The van der Waals surface area contributed by atoms with E-state index in [4.69, 9.17) is 0 Å². The summed E-state index contributed by atoms with van der Waals surface area (Å²) in [6, 6.07) is 10.7. The highest BCUT2D eigenvalue weighted by atomic mass is 16.3. The summed E-state index contributed by atoms with van der Waals surface area (Å²) in [5, 5.41) is 25.0. The van der Waals surface area contributed by atoms with E-state index in [1.54, 1.807) is 0 Å². The number of nitrogens with one attached hydrogen (secondary N) is 2. The van der Waals surface area contributed by atoms with Crippen LogP contribution in [0.25, 0.3) is 0 Å². The Kier molecular flexibility index (Phi) is 4.92. The number of benzene rings is 1. The maximum absolute atomic E-state index is 9.37. The molecule has 3 N–H and O–H groups in total. The number of rotatable bonds is 6. The number of aliphatic hydroxyl groups is 1. The van der Waals surface area contributed by atoms with Gasteiger partial charge in [-0.2, -0.15) is 10.2 Å². The van der Waals surface area contributed by atoms with Gasteiger partial charge in [0.15, 0.2) is 0 Å². The molecular formula is C18H21N5O. The minimum absolute atomic E-state index is 0.169. The van der Waals surface area contributed by atoms with Gasteiger partial charge in [0, 0.05) is 12.6 Å². The van der Waals surface area contributed by atoms with Crippen LogP contribution < -0.4 is 10.6 Å². The monoisotopic (exact) mass is 323 g/mol. The second-order valence-electron chi connectivity index (χ2n) is 6.20. The zero-order chi connectivity index (χ0) is 16.9. The van der Waals surface area contributed by atoms with E-state index >= 15 is 0 Å². The van der Waals surface area contributed by atoms with Crippen molar-refractivity contribution in [1.29, 1.82) is 5.26 Å². The molecule has 24 heavy (non-hydrogen) atoms. The summed E-state index contributed by atoms with van der Waals surface area (Å²) in [7, 11) is 0. The molecule has 1 aliphatic rings. The van der Waals surface area contributed by atoms with Gasteiger partial charge in [-0.15, -0.1) is 0 Å². The fourth-order valence-corrected chi connectivity index (χ4v) is 2.74. The highest BCUT2D eigenvalue weighted by Crippen LogP contribution is 2.25. The van der Waals surface area contributed by atoms with Gasteiger partial charge in [0.25, 0.3) is 0 Å². The molecular weight excluding hydrogens is 302 g/mol. The quantitative estimate of drug-likeness (QED) is 0.755.